The number of hydrogen-bond acceptors (Lipinski definition) is 8. The average Bonchev–Trinajstić information content (AvgIpc) is 3.46. The van der Waals surface area contributed by atoms with Crippen molar-refractivity contribution >= 4 is 34.4 Å². The van der Waals surface area contributed by atoms with Crippen LogP contribution in [0.3, 0.4) is 0 Å². The number of amides is 4. The largest absolute Gasteiger partial charge is 0.376 e. The summed E-state index contributed by atoms with van der Waals surface area (Å²) in [7, 11) is 0. The summed E-state index contributed by atoms with van der Waals surface area (Å²) in [6.07, 6.45) is 0.216. The van der Waals surface area contributed by atoms with Crippen molar-refractivity contribution in [1.82, 2.24) is 26.4 Å². The zero-order valence-corrected chi connectivity index (χ0v) is 25.7. The lowest BCUT2D eigenvalue weighted by atomic mass is 9.89. The Morgan fingerprint density at radius 3 is 2.51 bits per heavy atom. The van der Waals surface area contributed by atoms with Crippen LogP contribution in [0.25, 0.3) is 10.8 Å². The molecule has 1 aliphatic heterocycles. The molecule has 45 heavy (non-hydrogen) atoms. The lowest BCUT2D eigenvalue weighted by Crippen LogP contribution is -2.57. The number of carbonyl (C=O) groups is 4. The fourth-order valence-corrected chi connectivity index (χ4v) is 5.59. The maximum atomic E-state index is 13.9. The van der Waals surface area contributed by atoms with Gasteiger partial charge in [-0.25, -0.2) is 0 Å². The molecule has 0 bridgehead atoms. The molecule has 2 heterocycles. The Labute approximate surface area is 261 Å². The van der Waals surface area contributed by atoms with Gasteiger partial charge in [-0.05, 0) is 54.9 Å². The van der Waals surface area contributed by atoms with Crippen molar-refractivity contribution in [2.75, 3.05) is 6.54 Å². The van der Waals surface area contributed by atoms with Crippen molar-refractivity contribution in [3.63, 3.8) is 0 Å². The van der Waals surface area contributed by atoms with E-state index in [2.05, 4.69) is 26.4 Å². The summed E-state index contributed by atoms with van der Waals surface area (Å²) in [5.41, 5.74) is 0.831. The van der Waals surface area contributed by atoms with E-state index in [0.717, 1.165) is 22.8 Å². The summed E-state index contributed by atoms with van der Waals surface area (Å²) in [6, 6.07) is 13.5. The summed E-state index contributed by atoms with van der Waals surface area (Å²) in [4.78, 5) is 53.0. The molecule has 0 aliphatic carbocycles. The van der Waals surface area contributed by atoms with Crippen LogP contribution < -0.4 is 21.3 Å². The van der Waals surface area contributed by atoms with Crippen LogP contribution in [-0.2, 0) is 20.8 Å². The van der Waals surface area contributed by atoms with Crippen LogP contribution in [0.5, 0.6) is 0 Å². The van der Waals surface area contributed by atoms with Crippen molar-refractivity contribution in [2.24, 2.45) is 11.8 Å². The summed E-state index contributed by atoms with van der Waals surface area (Å²) < 4.78 is 5.04. The van der Waals surface area contributed by atoms with E-state index < -0.39 is 47.9 Å². The van der Waals surface area contributed by atoms with Crippen LogP contribution in [0.4, 0.5) is 0 Å². The molecule has 4 rings (SSSR count). The molecule has 238 valence electrons. The van der Waals surface area contributed by atoms with Gasteiger partial charge in [-0.15, -0.1) is 0 Å². The van der Waals surface area contributed by atoms with Gasteiger partial charge in [0.25, 0.3) is 5.91 Å². The molecule has 1 fully saturated rings. The third kappa shape index (κ3) is 8.89. The first kappa shape index (κ1) is 33.1. The number of aliphatic hydroxyl groups is 1. The Hall–Kier alpha value is -4.76. The Morgan fingerprint density at radius 2 is 1.82 bits per heavy atom. The monoisotopic (exact) mass is 616 g/mol. The number of rotatable bonds is 13. The van der Waals surface area contributed by atoms with Gasteiger partial charge in [-0.2, -0.15) is 5.26 Å². The standard InChI is InChI=1S/C33H40N6O6/c1-19(2)14-26(31(42)36-25(29(40)18-34)17-23-11-7-13-35-30(23)41)37-32(43)27(38-33(44)28-15-20(3)45-39-28)16-22-10-6-9-21-8-4-5-12-24(21)22/h4-6,8-10,12,15,19,23,25-27,29,40H,7,11,13-14,16-17H2,1-3H3,(H,35,41)(H,36,42)(H,37,43)(H,38,44)/t23-,25-,26-,27-,29?/m0/s1. The van der Waals surface area contributed by atoms with Crippen LogP contribution in [0, 0.1) is 30.1 Å². The fraction of sp³-hybridized carbons (Fsp3) is 0.455. The molecule has 1 aliphatic rings. The smallest absolute Gasteiger partial charge is 0.274 e. The molecule has 1 aromatic heterocycles. The third-order valence-corrected chi connectivity index (χ3v) is 7.91. The molecule has 12 heteroatoms. The fourth-order valence-electron chi connectivity index (χ4n) is 5.59. The van der Waals surface area contributed by atoms with Crippen molar-refractivity contribution in [1.29, 1.82) is 5.26 Å². The Balaban J connectivity index is 1.57. The van der Waals surface area contributed by atoms with Crippen molar-refractivity contribution in [3.05, 3.63) is 65.5 Å². The van der Waals surface area contributed by atoms with E-state index in [4.69, 9.17) is 4.52 Å². The van der Waals surface area contributed by atoms with Gasteiger partial charge in [0.2, 0.25) is 17.7 Å². The zero-order chi connectivity index (χ0) is 32.5. The maximum absolute atomic E-state index is 13.9. The van der Waals surface area contributed by atoms with E-state index in [1.165, 1.54) is 6.07 Å². The number of aromatic nitrogens is 1. The Bertz CT molecular complexity index is 1560. The average molecular weight is 617 g/mol. The molecule has 1 saturated heterocycles. The molecule has 0 radical (unpaired) electrons. The first-order valence-electron chi connectivity index (χ1n) is 15.2. The molecular weight excluding hydrogens is 576 g/mol. The first-order valence-corrected chi connectivity index (χ1v) is 15.2. The van der Waals surface area contributed by atoms with Crippen molar-refractivity contribution in [3.8, 4) is 6.07 Å². The second kappa shape index (κ2) is 15.3. The summed E-state index contributed by atoms with van der Waals surface area (Å²) in [5.74, 6) is -2.05. The number of aryl methyl sites for hydroxylation is 1. The van der Waals surface area contributed by atoms with Gasteiger partial charge in [0.15, 0.2) is 11.8 Å². The van der Waals surface area contributed by atoms with Gasteiger partial charge in [-0.3, -0.25) is 19.2 Å². The van der Waals surface area contributed by atoms with Crippen LogP contribution >= 0.6 is 0 Å². The minimum Gasteiger partial charge on any atom is -0.376 e. The van der Waals surface area contributed by atoms with E-state index >= 15 is 0 Å². The molecule has 2 aromatic carbocycles. The third-order valence-electron chi connectivity index (χ3n) is 7.91. The minimum atomic E-state index is -1.55. The molecule has 0 saturated carbocycles. The van der Waals surface area contributed by atoms with E-state index in [1.807, 2.05) is 56.3 Å². The highest BCUT2D eigenvalue weighted by molar-refractivity contribution is 5.98. The maximum Gasteiger partial charge on any atom is 0.274 e. The highest BCUT2D eigenvalue weighted by atomic mass is 16.5. The second-order valence-electron chi connectivity index (χ2n) is 11.9. The topological polar surface area (TPSA) is 186 Å². The number of nitrogens with one attached hydrogen (secondary N) is 4. The van der Waals surface area contributed by atoms with Crippen molar-refractivity contribution in [2.45, 2.75) is 77.1 Å². The Morgan fingerprint density at radius 1 is 1.09 bits per heavy atom. The molecule has 12 nitrogen and oxygen atoms in total. The van der Waals surface area contributed by atoms with E-state index in [-0.39, 0.29) is 36.8 Å². The van der Waals surface area contributed by atoms with Gasteiger partial charge < -0.3 is 30.9 Å². The quantitative estimate of drug-likeness (QED) is 0.181. The highest BCUT2D eigenvalue weighted by Crippen LogP contribution is 2.21. The normalized spacial score (nSPS) is 17.4. The lowest BCUT2D eigenvalue weighted by Gasteiger charge is -2.30. The first-order chi connectivity index (χ1) is 21.5. The number of carbonyl (C=O) groups excluding carboxylic acids is 4. The number of piperidine rings is 1. The molecule has 5 N–H and O–H groups in total. The second-order valence-corrected chi connectivity index (χ2v) is 11.9. The number of aliphatic hydroxyl groups excluding tert-OH is 1. The van der Waals surface area contributed by atoms with Gasteiger partial charge >= 0.3 is 0 Å². The summed E-state index contributed by atoms with van der Waals surface area (Å²) >= 11 is 0. The van der Waals surface area contributed by atoms with Gasteiger partial charge in [0, 0.05) is 24.9 Å². The van der Waals surface area contributed by atoms with Crippen molar-refractivity contribution < 1.29 is 28.8 Å². The van der Waals surface area contributed by atoms with Crippen LogP contribution in [0.2, 0.25) is 0 Å². The molecule has 5 atom stereocenters. The number of nitriles is 1. The molecular formula is C33H40N6O6. The van der Waals surface area contributed by atoms with Crippen LogP contribution in [0.1, 0.15) is 61.3 Å². The lowest BCUT2D eigenvalue weighted by molar-refractivity contribution is -0.131. The van der Waals surface area contributed by atoms with Gasteiger partial charge in [0.1, 0.15) is 17.8 Å². The van der Waals surface area contributed by atoms with Gasteiger partial charge in [0.05, 0.1) is 12.1 Å². The van der Waals surface area contributed by atoms with E-state index in [9.17, 15) is 29.5 Å². The zero-order valence-electron chi connectivity index (χ0n) is 25.7. The van der Waals surface area contributed by atoms with E-state index in [0.29, 0.717) is 18.7 Å². The highest BCUT2D eigenvalue weighted by Gasteiger charge is 2.34. The minimum absolute atomic E-state index is 0.0137. The number of benzene rings is 2. The molecule has 4 amide bonds. The van der Waals surface area contributed by atoms with E-state index in [1.54, 1.807) is 13.0 Å². The molecule has 3 aromatic rings. The molecule has 0 spiro atoms. The SMILES string of the molecule is Cc1cc(C(=O)N[C@@H](Cc2cccc3ccccc23)C(=O)N[C@@H](CC(C)C)C(=O)N[C@@H](C[C@@H]2CCCNC2=O)C(O)C#N)no1. The molecule has 1 unspecified atom stereocenters. The predicted molar refractivity (Wildman–Crippen MR) is 165 cm³/mol. The summed E-state index contributed by atoms with van der Waals surface area (Å²) in [6.45, 7) is 5.99. The Kier molecular flexibility index (Phi) is 11.3. The predicted octanol–water partition coefficient (Wildman–Crippen LogP) is 2.29. The number of hydrogen-bond donors (Lipinski definition) is 5. The van der Waals surface area contributed by atoms with Gasteiger partial charge in [-0.1, -0.05) is 61.5 Å². The van der Waals surface area contributed by atoms with Crippen LogP contribution in [-0.4, -0.2) is 64.7 Å². The summed E-state index contributed by atoms with van der Waals surface area (Å²) in [5, 5.41) is 36.5. The van der Waals surface area contributed by atoms with Crippen LogP contribution in [0.15, 0.2) is 53.1 Å². The number of fused-ring (bicyclic) bond motifs is 1. The number of nitrogens with zero attached hydrogens (tertiary/aromatic N) is 2.